The zero-order chi connectivity index (χ0) is 11.4. The maximum Gasteiger partial charge on any atom is 0.109 e. The van der Waals surface area contributed by atoms with E-state index in [-0.39, 0.29) is 0 Å². The van der Waals surface area contributed by atoms with Gasteiger partial charge < -0.3 is 9.88 Å². The molecule has 2 rings (SSSR count). The van der Waals surface area contributed by atoms with Crippen molar-refractivity contribution in [3.05, 3.63) is 18.2 Å². The fourth-order valence-electron chi connectivity index (χ4n) is 2.38. The van der Waals surface area contributed by atoms with Crippen molar-refractivity contribution >= 4 is 0 Å². The van der Waals surface area contributed by atoms with Crippen molar-refractivity contribution in [1.29, 1.82) is 0 Å². The van der Waals surface area contributed by atoms with E-state index in [1.807, 2.05) is 12.4 Å². The molecular formula is C13H23N3. The first kappa shape index (κ1) is 11.6. The molecule has 1 aliphatic carbocycles. The maximum absolute atomic E-state index is 4.32. The van der Waals surface area contributed by atoms with Gasteiger partial charge in [-0.05, 0) is 19.3 Å². The number of nitrogens with one attached hydrogen (secondary N) is 1. The second-order valence-corrected chi connectivity index (χ2v) is 5.09. The summed E-state index contributed by atoms with van der Waals surface area (Å²) < 4.78 is 2.10. The minimum Gasteiger partial charge on any atom is -0.338 e. The fourth-order valence-corrected chi connectivity index (χ4v) is 2.38. The van der Waals surface area contributed by atoms with E-state index >= 15 is 0 Å². The Bertz CT molecular complexity index is 315. The van der Waals surface area contributed by atoms with Gasteiger partial charge in [-0.2, -0.15) is 0 Å². The number of rotatable bonds is 6. The van der Waals surface area contributed by atoms with Gasteiger partial charge in [0.15, 0.2) is 0 Å². The standard InChI is InChI=1S/C13H23N3/c1-11(10-12-4-3-5-12)14-7-6-13-15-8-9-16(13)2/h8-9,11-12,14H,3-7,10H2,1-2H3. The molecule has 0 aliphatic heterocycles. The molecule has 1 saturated carbocycles. The van der Waals surface area contributed by atoms with Crippen LogP contribution in [0.5, 0.6) is 0 Å². The summed E-state index contributed by atoms with van der Waals surface area (Å²) in [6.45, 7) is 3.34. The van der Waals surface area contributed by atoms with Gasteiger partial charge in [-0.1, -0.05) is 19.3 Å². The van der Waals surface area contributed by atoms with Crippen LogP contribution in [0.15, 0.2) is 12.4 Å². The summed E-state index contributed by atoms with van der Waals surface area (Å²) in [5, 5.41) is 3.59. The average molecular weight is 221 g/mol. The molecule has 1 fully saturated rings. The van der Waals surface area contributed by atoms with Crippen LogP contribution in [0, 0.1) is 5.92 Å². The third kappa shape index (κ3) is 3.08. The number of hydrogen-bond acceptors (Lipinski definition) is 2. The van der Waals surface area contributed by atoms with Crippen molar-refractivity contribution in [2.45, 2.75) is 45.1 Å². The van der Waals surface area contributed by atoms with Crippen molar-refractivity contribution in [3.8, 4) is 0 Å². The topological polar surface area (TPSA) is 29.9 Å². The van der Waals surface area contributed by atoms with E-state index in [0.717, 1.165) is 18.9 Å². The van der Waals surface area contributed by atoms with Gasteiger partial charge in [0.1, 0.15) is 5.82 Å². The predicted octanol–water partition coefficient (Wildman–Crippen LogP) is 2.13. The van der Waals surface area contributed by atoms with Crippen LogP contribution in [0.4, 0.5) is 0 Å². The van der Waals surface area contributed by atoms with Crippen molar-refractivity contribution in [2.24, 2.45) is 13.0 Å². The van der Waals surface area contributed by atoms with Gasteiger partial charge in [0.05, 0.1) is 0 Å². The quantitative estimate of drug-likeness (QED) is 0.797. The Morgan fingerprint density at radius 3 is 2.94 bits per heavy atom. The molecule has 1 aromatic heterocycles. The van der Waals surface area contributed by atoms with E-state index in [4.69, 9.17) is 0 Å². The molecule has 1 heterocycles. The molecule has 1 aliphatic rings. The molecule has 0 spiro atoms. The van der Waals surface area contributed by atoms with Gasteiger partial charge in [0, 0.05) is 38.4 Å². The molecule has 0 radical (unpaired) electrons. The van der Waals surface area contributed by atoms with Gasteiger partial charge in [-0.25, -0.2) is 4.98 Å². The Kier molecular flexibility index (Phi) is 3.99. The average Bonchev–Trinajstić information content (AvgIpc) is 2.59. The summed E-state index contributed by atoms with van der Waals surface area (Å²) in [6, 6.07) is 0.658. The summed E-state index contributed by atoms with van der Waals surface area (Å²) >= 11 is 0. The molecule has 1 unspecified atom stereocenters. The van der Waals surface area contributed by atoms with Gasteiger partial charge in [0.25, 0.3) is 0 Å². The van der Waals surface area contributed by atoms with E-state index in [2.05, 4.69) is 28.8 Å². The minimum atomic E-state index is 0.658. The first-order valence-corrected chi connectivity index (χ1v) is 6.45. The Morgan fingerprint density at radius 2 is 2.38 bits per heavy atom. The highest BCUT2D eigenvalue weighted by Gasteiger charge is 2.19. The number of nitrogens with zero attached hydrogens (tertiary/aromatic N) is 2. The van der Waals surface area contributed by atoms with Crippen LogP contribution in [-0.2, 0) is 13.5 Å². The molecule has 0 bridgehead atoms. The third-order valence-electron chi connectivity index (χ3n) is 3.67. The monoisotopic (exact) mass is 221 g/mol. The van der Waals surface area contributed by atoms with E-state index in [9.17, 15) is 0 Å². The molecule has 1 N–H and O–H groups in total. The molecule has 1 atom stereocenters. The number of imidazole rings is 1. The van der Waals surface area contributed by atoms with Gasteiger partial charge in [-0.15, -0.1) is 0 Å². The molecular weight excluding hydrogens is 198 g/mol. The van der Waals surface area contributed by atoms with Crippen LogP contribution in [0.25, 0.3) is 0 Å². The largest absolute Gasteiger partial charge is 0.338 e. The smallest absolute Gasteiger partial charge is 0.109 e. The minimum absolute atomic E-state index is 0.658. The first-order valence-electron chi connectivity index (χ1n) is 6.45. The highest BCUT2D eigenvalue weighted by molar-refractivity contribution is 4.91. The van der Waals surface area contributed by atoms with E-state index in [1.165, 1.54) is 31.5 Å². The maximum atomic E-state index is 4.32. The highest BCUT2D eigenvalue weighted by Crippen LogP contribution is 2.30. The zero-order valence-electron chi connectivity index (χ0n) is 10.4. The lowest BCUT2D eigenvalue weighted by Gasteiger charge is -2.28. The Hall–Kier alpha value is -0.830. The van der Waals surface area contributed by atoms with Crippen LogP contribution in [-0.4, -0.2) is 22.1 Å². The Labute approximate surface area is 98.3 Å². The molecule has 1 aromatic rings. The molecule has 0 aromatic carbocycles. The van der Waals surface area contributed by atoms with Crippen molar-refractivity contribution in [3.63, 3.8) is 0 Å². The molecule has 90 valence electrons. The van der Waals surface area contributed by atoms with Crippen molar-refractivity contribution < 1.29 is 0 Å². The van der Waals surface area contributed by atoms with E-state index < -0.39 is 0 Å². The second kappa shape index (κ2) is 5.48. The van der Waals surface area contributed by atoms with Crippen LogP contribution >= 0.6 is 0 Å². The van der Waals surface area contributed by atoms with Crippen LogP contribution in [0.1, 0.15) is 38.4 Å². The lowest BCUT2D eigenvalue weighted by molar-refractivity contribution is 0.266. The predicted molar refractivity (Wildman–Crippen MR) is 66.3 cm³/mol. The summed E-state index contributed by atoms with van der Waals surface area (Å²) in [6.07, 6.45) is 10.6. The van der Waals surface area contributed by atoms with E-state index in [0.29, 0.717) is 6.04 Å². The fraction of sp³-hybridized carbons (Fsp3) is 0.769. The van der Waals surface area contributed by atoms with Crippen LogP contribution in [0.3, 0.4) is 0 Å². The highest BCUT2D eigenvalue weighted by atomic mass is 15.0. The summed E-state index contributed by atoms with van der Waals surface area (Å²) in [5.74, 6) is 2.17. The number of hydrogen-bond donors (Lipinski definition) is 1. The van der Waals surface area contributed by atoms with Crippen LogP contribution < -0.4 is 5.32 Å². The van der Waals surface area contributed by atoms with Gasteiger partial charge >= 0.3 is 0 Å². The SMILES string of the molecule is CC(CC1CCC1)NCCc1nccn1C. The lowest BCUT2D eigenvalue weighted by Crippen LogP contribution is -2.32. The van der Waals surface area contributed by atoms with E-state index in [1.54, 1.807) is 0 Å². The molecule has 16 heavy (non-hydrogen) atoms. The van der Waals surface area contributed by atoms with Crippen LogP contribution in [0.2, 0.25) is 0 Å². The summed E-state index contributed by atoms with van der Waals surface area (Å²) in [5.41, 5.74) is 0. The number of aromatic nitrogens is 2. The van der Waals surface area contributed by atoms with Crippen molar-refractivity contribution in [2.75, 3.05) is 6.54 Å². The molecule has 3 nitrogen and oxygen atoms in total. The second-order valence-electron chi connectivity index (χ2n) is 5.09. The van der Waals surface area contributed by atoms with Gasteiger partial charge in [0.2, 0.25) is 0 Å². The molecule has 0 saturated heterocycles. The Morgan fingerprint density at radius 1 is 1.56 bits per heavy atom. The summed E-state index contributed by atoms with van der Waals surface area (Å²) in [7, 11) is 2.06. The van der Waals surface area contributed by atoms with Gasteiger partial charge in [-0.3, -0.25) is 0 Å². The number of aryl methyl sites for hydroxylation is 1. The first-order chi connectivity index (χ1) is 7.75. The zero-order valence-corrected chi connectivity index (χ0v) is 10.4. The third-order valence-corrected chi connectivity index (χ3v) is 3.67. The summed E-state index contributed by atoms with van der Waals surface area (Å²) in [4.78, 5) is 4.32. The lowest BCUT2D eigenvalue weighted by atomic mass is 9.81. The normalized spacial score (nSPS) is 18.4. The molecule has 0 amide bonds. The van der Waals surface area contributed by atoms with Crippen molar-refractivity contribution in [1.82, 2.24) is 14.9 Å². The molecule has 3 heteroatoms. The Balaban J connectivity index is 1.61.